The molecular formula is C13H22N4O2S. The molecule has 4 N–H and O–H groups in total. The summed E-state index contributed by atoms with van der Waals surface area (Å²) in [5.74, 6) is 0.0926. The summed E-state index contributed by atoms with van der Waals surface area (Å²) in [6, 6.07) is 0.232. The Labute approximate surface area is 123 Å². The van der Waals surface area contributed by atoms with Crippen LogP contribution in [-0.4, -0.2) is 35.7 Å². The minimum atomic E-state index is -0.181. The molecule has 2 heterocycles. The molecule has 2 rings (SSSR count). The minimum Gasteiger partial charge on any atom is -0.382 e. The normalized spacial score (nSPS) is 20.1. The van der Waals surface area contributed by atoms with Gasteiger partial charge in [0.2, 0.25) is 0 Å². The molecule has 1 aromatic rings. The number of rotatable bonds is 5. The number of nitrogens with one attached hydrogen (secondary N) is 2. The van der Waals surface area contributed by atoms with Crippen LogP contribution in [0, 0.1) is 0 Å². The second-order valence-electron chi connectivity index (χ2n) is 5.35. The first-order chi connectivity index (χ1) is 9.47. The highest BCUT2D eigenvalue weighted by Crippen LogP contribution is 2.26. The first-order valence-electron chi connectivity index (χ1n) is 6.92. The standard InChI is InChI=1S/C13H22N4O2S/c1-7(2)15-13-17-11(14)10(20-13)12(18)16-8(3)9-5-4-6-19-9/h7-9H,4-6,14H2,1-3H3,(H,15,17)(H,16,18). The predicted octanol–water partition coefficient (Wildman–Crippen LogP) is 1.84. The zero-order chi connectivity index (χ0) is 14.7. The van der Waals surface area contributed by atoms with Crippen molar-refractivity contribution in [1.29, 1.82) is 0 Å². The highest BCUT2D eigenvalue weighted by atomic mass is 32.1. The van der Waals surface area contributed by atoms with E-state index in [1.807, 2.05) is 20.8 Å². The Morgan fingerprint density at radius 1 is 1.50 bits per heavy atom. The van der Waals surface area contributed by atoms with Gasteiger partial charge in [-0.1, -0.05) is 11.3 Å². The SMILES string of the molecule is CC(C)Nc1nc(N)c(C(=O)NC(C)C2CCCO2)s1. The van der Waals surface area contributed by atoms with E-state index in [0.29, 0.717) is 10.0 Å². The molecule has 0 spiro atoms. The number of aromatic nitrogens is 1. The van der Waals surface area contributed by atoms with Gasteiger partial charge in [0.15, 0.2) is 5.13 Å². The average molecular weight is 298 g/mol. The first-order valence-corrected chi connectivity index (χ1v) is 7.74. The maximum absolute atomic E-state index is 12.2. The van der Waals surface area contributed by atoms with E-state index in [1.54, 1.807) is 0 Å². The number of ether oxygens (including phenoxy) is 1. The fraction of sp³-hybridized carbons (Fsp3) is 0.692. The van der Waals surface area contributed by atoms with Crippen molar-refractivity contribution in [2.24, 2.45) is 0 Å². The van der Waals surface area contributed by atoms with Crippen molar-refractivity contribution in [3.05, 3.63) is 4.88 Å². The van der Waals surface area contributed by atoms with Crippen LogP contribution in [0.25, 0.3) is 0 Å². The summed E-state index contributed by atoms with van der Waals surface area (Å²) in [6.07, 6.45) is 2.14. The van der Waals surface area contributed by atoms with Gasteiger partial charge in [0, 0.05) is 12.6 Å². The Bertz CT molecular complexity index is 469. The van der Waals surface area contributed by atoms with Crippen molar-refractivity contribution in [1.82, 2.24) is 10.3 Å². The molecule has 2 unspecified atom stereocenters. The number of nitrogen functional groups attached to an aromatic ring is 1. The topological polar surface area (TPSA) is 89.3 Å². The summed E-state index contributed by atoms with van der Waals surface area (Å²) in [5.41, 5.74) is 5.81. The summed E-state index contributed by atoms with van der Waals surface area (Å²) < 4.78 is 5.57. The molecule has 1 amide bonds. The molecule has 0 aliphatic carbocycles. The van der Waals surface area contributed by atoms with Gasteiger partial charge < -0.3 is 21.1 Å². The van der Waals surface area contributed by atoms with E-state index in [4.69, 9.17) is 10.5 Å². The van der Waals surface area contributed by atoms with Crippen molar-refractivity contribution in [2.45, 2.75) is 51.8 Å². The summed E-state index contributed by atoms with van der Waals surface area (Å²) in [5, 5.41) is 6.77. The van der Waals surface area contributed by atoms with E-state index in [9.17, 15) is 4.79 Å². The van der Waals surface area contributed by atoms with Crippen LogP contribution in [0.3, 0.4) is 0 Å². The van der Waals surface area contributed by atoms with Gasteiger partial charge in [0.05, 0.1) is 12.1 Å². The van der Waals surface area contributed by atoms with Gasteiger partial charge in [-0.05, 0) is 33.6 Å². The van der Waals surface area contributed by atoms with Gasteiger partial charge in [-0.3, -0.25) is 4.79 Å². The van der Waals surface area contributed by atoms with Crippen LogP contribution in [-0.2, 0) is 4.74 Å². The van der Waals surface area contributed by atoms with Crippen molar-refractivity contribution in [3.8, 4) is 0 Å². The van der Waals surface area contributed by atoms with Gasteiger partial charge in [-0.25, -0.2) is 4.98 Å². The molecule has 0 saturated carbocycles. The third-order valence-electron chi connectivity index (χ3n) is 3.15. The monoisotopic (exact) mass is 298 g/mol. The number of amides is 1. The van der Waals surface area contributed by atoms with Gasteiger partial charge in [-0.2, -0.15) is 0 Å². The van der Waals surface area contributed by atoms with Crippen molar-refractivity contribution in [2.75, 3.05) is 17.7 Å². The van der Waals surface area contributed by atoms with E-state index in [0.717, 1.165) is 19.4 Å². The van der Waals surface area contributed by atoms with Crippen LogP contribution in [0.5, 0.6) is 0 Å². The molecule has 1 aliphatic rings. The Morgan fingerprint density at radius 3 is 2.85 bits per heavy atom. The molecule has 112 valence electrons. The van der Waals surface area contributed by atoms with Crippen LogP contribution in [0.1, 0.15) is 43.3 Å². The molecule has 1 fully saturated rings. The molecule has 2 atom stereocenters. The Kier molecular flexibility index (Phi) is 4.82. The maximum Gasteiger partial charge on any atom is 0.265 e. The fourth-order valence-corrected chi connectivity index (χ4v) is 3.10. The average Bonchev–Trinajstić information content (AvgIpc) is 2.97. The lowest BCUT2D eigenvalue weighted by Gasteiger charge is -2.19. The number of anilines is 2. The summed E-state index contributed by atoms with van der Waals surface area (Å²) >= 11 is 1.28. The van der Waals surface area contributed by atoms with Crippen LogP contribution < -0.4 is 16.4 Å². The molecule has 1 aliphatic heterocycles. The third kappa shape index (κ3) is 3.61. The molecule has 0 aromatic carbocycles. The number of carbonyl (C=O) groups is 1. The molecule has 7 heteroatoms. The second-order valence-corrected chi connectivity index (χ2v) is 6.35. The van der Waals surface area contributed by atoms with Gasteiger partial charge in [0.1, 0.15) is 10.7 Å². The quantitative estimate of drug-likeness (QED) is 0.772. The summed E-state index contributed by atoms with van der Waals surface area (Å²) in [4.78, 5) is 16.9. The smallest absolute Gasteiger partial charge is 0.265 e. The predicted molar refractivity (Wildman–Crippen MR) is 81.2 cm³/mol. The zero-order valence-corrected chi connectivity index (χ0v) is 12.9. The Morgan fingerprint density at radius 2 is 2.25 bits per heavy atom. The van der Waals surface area contributed by atoms with Crippen molar-refractivity contribution < 1.29 is 9.53 Å². The Balaban J connectivity index is 1.99. The van der Waals surface area contributed by atoms with E-state index in [2.05, 4.69) is 15.6 Å². The number of carbonyl (C=O) groups excluding carboxylic acids is 1. The van der Waals surface area contributed by atoms with Crippen LogP contribution in [0.15, 0.2) is 0 Å². The van der Waals surface area contributed by atoms with Crippen molar-refractivity contribution in [3.63, 3.8) is 0 Å². The molecule has 6 nitrogen and oxygen atoms in total. The van der Waals surface area contributed by atoms with Crippen molar-refractivity contribution >= 4 is 28.2 Å². The lowest BCUT2D eigenvalue weighted by molar-refractivity contribution is 0.0715. The lowest BCUT2D eigenvalue weighted by atomic mass is 10.1. The van der Waals surface area contributed by atoms with E-state index in [1.165, 1.54) is 11.3 Å². The van der Waals surface area contributed by atoms with Crippen LogP contribution in [0.2, 0.25) is 0 Å². The Hall–Kier alpha value is -1.34. The molecule has 20 heavy (non-hydrogen) atoms. The van der Waals surface area contributed by atoms with Crippen LogP contribution in [0.4, 0.5) is 10.9 Å². The number of hydrogen-bond donors (Lipinski definition) is 3. The molecular weight excluding hydrogens is 276 g/mol. The van der Waals surface area contributed by atoms with Gasteiger partial charge in [-0.15, -0.1) is 0 Å². The summed E-state index contributed by atoms with van der Waals surface area (Å²) in [6.45, 7) is 6.75. The maximum atomic E-state index is 12.2. The van der Waals surface area contributed by atoms with Gasteiger partial charge >= 0.3 is 0 Å². The summed E-state index contributed by atoms with van der Waals surface area (Å²) in [7, 11) is 0. The van der Waals surface area contributed by atoms with E-state index in [-0.39, 0.29) is 29.9 Å². The molecule has 1 saturated heterocycles. The largest absolute Gasteiger partial charge is 0.382 e. The molecule has 0 bridgehead atoms. The highest BCUT2D eigenvalue weighted by Gasteiger charge is 2.25. The third-order valence-corrected chi connectivity index (χ3v) is 4.15. The lowest BCUT2D eigenvalue weighted by Crippen LogP contribution is -2.40. The zero-order valence-electron chi connectivity index (χ0n) is 12.1. The second kappa shape index (κ2) is 6.41. The minimum absolute atomic E-state index is 0.0204. The molecule has 1 aromatic heterocycles. The fourth-order valence-electron chi connectivity index (χ4n) is 2.17. The number of nitrogens with zero attached hydrogens (tertiary/aromatic N) is 1. The molecule has 0 radical (unpaired) electrons. The number of thiazole rings is 1. The highest BCUT2D eigenvalue weighted by molar-refractivity contribution is 7.18. The first kappa shape index (κ1) is 15.1. The van der Waals surface area contributed by atoms with E-state index < -0.39 is 0 Å². The van der Waals surface area contributed by atoms with E-state index >= 15 is 0 Å². The van der Waals surface area contributed by atoms with Crippen LogP contribution >= 0.6 is 11.3 Å². The number of nitrogens with two attached hydrogens (primary N) is 1. The number of hydrogen-bond acceptors (Lipinski definition) is 6. The van der Waals surface area contributed by atoms with Gasteiger partial charge in [0.25, 0.3) is 5.91 Å².